The van der Waals surface area contributed by atoms with Crippen LogP contribution in [0.15, 0.2) is 72.8 Å². The van der Waals surface area contributed by atoms with Crippen molar-refractivity contribution in [2.75, 3.05) is 13.7 Å². The number of nitrogens with zero attached hydrogens (tertiary/aromatic N) is 1. The van der Waals surface area contributed by atoms with Gasteiger partial charge in [-0.05, 0) is 86.2 Å². The number of unbranched alkanes of at least 4 members (excludes halogenated alkanes) is 2. The van der Waals surface area contributed by atoms with Crippen molar-refractivity contribution in [3.05, 3.63) is 83.9 Å². The minimum atomic E-state index is -1.58. The first kappa shape index (κ1) is 29.2. The van der Waals surface area contributed by atoms with E-state index in [1.165, 1.54) is 0 Å². The fraction of sp³-hybridized carbons (Fsp3) is 0.323. The summed E-state index contributed by atoms with van der Waals surface area (Å²) in [5.74, 6) is 0.698. The number of hydrogen-bond donors (Lipinski definition) is 1. The van der Waals surface area contributed by atoms with E-state index in [9.17, 15) is 14.4 Å². The number of carbonyl (C=O) groups excluding carboxylic acids is 2. The normalized spacial score (nSPS) is 10.7. The molecule has 8 nitrogen and oxygen atoms in total. The van der Waals surface area contributed by atoms with E-state index in [4.69, 9.17) is 14.6 Å². The zero-order valence-corrected chi connectivity index (χ0v) is 22.6. The summed E-state index contributed by atoms with van der Waals surface area (Å²) in [6, 6.07) is 23.1. The van der Waals surface area contributed by atoms with Crippen molar-refractivity contribution < 1.29 is 33.7 Å². The number of rotatable bonds is 13. The van der Waals surface area contributed by atoms with Gasteiger partial charge in [0.25, 0.3) is 5.91 Å². The Balaban J connectivity index is 1.55. The van der Waals surface area contributed by atoms with Crippen LogP contribution in [0.25, 0.3) is 11.1 Å². The molecule has 0 bridgehead atoms. The van der Waals surface area contributed by atoms with E-state index in [0.29, 0.717) is 43.7 Å². The first-order chi connectivity index (χ1) is 18.8. The number of ether oxygens (including phenoxy) is 3. The Hall–Kier alpha value is -4.33. The van der Waals surface area contributed by atoms with Crippen LogP contribution in [0.4, 0.5) is 4.79 Å². The van der Waals surface area contributed by atoms with Crippen molar-refractivity contribution in [3.63, 3.8) is 0 Å². The summed E-state index contributed by atoms with van der Waals surface area (Å²) in [6.07, 6.45) is 0.433. The average molecular weight is 534 g/mol. The Labute approximate surface area is 229 Å². The lowest BCUT2D eigenvalue weighted by atomic mass is 10.0. The average Bonchev–Trinajstić information content (AvgIpc) is 2.93. The maximum Gasteiger partial charge on any atom is 0.513 e. The van der Waals surface area contributed by atoms with Crippen LogP contribution in [0.1, 0.15) is 55.5 Å². The highest BCUT2D eigenvalue weighted by Crippen LogP contribution is 2.25. The number of benzene rings is 3. The monoisotopic (exact) mass is 533 g/mol. The minimum Gasteiger partial charge on any atom is -0.497 e. The van der Waals surface area contributed by atoms with Crippen LogP contribution in [-0.4, -0.2) is 47.8 Å². The quantitative estimate of drug-likeness (QED) is 0.151. The number of carbonyl (C=O) groups is 3. The number of amides is 1. The molecule has 0 fully saturated rings. The van der Waals surface area contributed by atoms with Crippen LogP contribution in [0.5, 0.6) is 11.5 Å². The third kappa shape index (κ3) is 9.17. The molecule has 0 aromatic heterocycles. The molecule has 0 aliphatic carbocycles. The molecule has 0 radical (unpaired) electrons. The number of esters is 1. The SMILES string of the molecule is COc1cccc(-c2ccc(C(=O)N(Cc3cccc(OCCCCCC(=O)OC(=O)O)c3)C(C)C)cc2)c1. The van der Waals surface area contributed by atoms with Crippen LogP contribution >= 0.6 is 0 Å². The molecule has 3 rings (SSSR count). The van der Waals surface area contributed by atoms with Crippen molar-refractivity contribution in [1.82, 2.24) is 4.90 Å². The van der Waals surface area contributed by atoms with E-state index in [2.05, 4.69) is 4.74 Å². The maximum absolute atomic E-state index is 13.4. The molecule has 0 aliphatic heterocycles. The van der Waals surface area contributed by atoms with Gasteiger partial charge in [-0.2, -0.15) is 0 Å². The molecule has 3 aromatic rings. The summed E-state index contributed by atoms with van der Waals surface area (Å²) >= 11 is 0. The molecule has 0 saturated heterocycles. The van der Waals surface area contributed by atoms with E-state index < -0.39 is 12.1 Å². The Kier molecular flexibility index (Phi) is 10.9. The van der Waals surface area contributed by atoms with Crippen LogP contribution in [0.3, 0.4) is 0 Å². The zero-order valence-electron chi connectivity index (χ0n) is 22.6. The highest BCUT2D eigenvalue weighted by atomic mass is 16.7. The summed E-state index contributed by atoms with van der Waals surface area (Å²) in [7, 11) is 1.64. The van der Waals surface area contributed by atoms with Crippen molar-refractivity contribution in [3.8, 4) is 22.6 Å². The van der Waals surface area contributed by atoms with Gasteiger partial charge >= 0.3 is 12.1 Å². The van der Waals surface area contributed by atoms with Gasteiger partial charge in [-0.25, -0.2) is 4.79 Å². The molecule has 0 heterocycles. The highest BCUT2D eigenvalue weighted by Gasteiger charge is 2.19. The lowest BCUT2D eigenvalue weighted by Gasteiger charge is -2.27. The lowest BCUT2D eigenvalue weighted by Crippen LogP contribution is -2.36. The number of methoxy groups -OCH3 is 1. The molecule has 1 N–H and O–H groups in total. The molecule has 0 unspecified atom stereocenters. The topological polar surface area (TPSA) is 102 Å². The van der Waals surface area contributed by atoms with E-state index in [1.54, 1.807) is 7.11 Å². The lowest BCUT2D eigenvalue weighted by molar-refractivity contribution is -0.139. The van der Waals surface area contributed by atoms with Gasteiger partial charge in [-0.15, -0.1) is 0 Å². The minimum absolute atomic E-state index is 0.00653. The maximum atomic E-state index is 13.4. The molecule has 0 atom stereocenters. The Morgan fingerprint density at radius 2 is 1.56 bits per heavy atom. The second-order valence-corrected chi connectivity index (χ2v) is 9.38. The molecule has 1 amide bonds. The van der Waals surface area contributed by atoms with Crippen molar-refractivity contribution in [1.29, 1.82) is 0 Å². The van der Waals surface area contributed by atoms with Crippen molar-refractivity contribution >= 4 is 18.0 Å². The van der Waals surface area contributed by atoms with Gasteiger partial charge in [-0.3, -0.25) is 9.59 Å². The van der Waals surface area contributed by atoms with E-state index in [1.807, 2.05) is 91.5 Å². The zero-order chi connectivity index (χ0) is 28.2. The Morgan fingerprint density at radius 3 is 2.26 bits per heavy atom. The molecule has 3 aromatic carbocycles. The van der Waals surface area contributed by atoms with E-state index in [0.717, 1.165) is 22.4 Å². The Bertz CT molecular complexity index is 1250. The smallest absolute Gasteiger partial charge is 0.497 e. The molecule has 8 heteroatoms. The second-order valence-electron chi connectivity index (χ2n) is 9.38. The van der Waals surface area contributed by atoms with Gasteiger partial charge in [0.1, 0.15) is 11.5 Å². The second kappa shape index (κ2) is 14.6. The summed E-state index contributed by atoms with van der Waals surface area (Å²) < 4.78 is 15.2. The van der Waals surface area contributed by atoms with Crippen molar-refractivity contribution in [2.24, 2.45) is 0 Å². The summed E-state index contributed by atoms with van der Waals surface area (Å²) in [4.78, 5) is 36.8. The predicted octanol–water partition coefficient (Wildman–Crippen LogP) is 6.57. The molecule has 39 heavy (non-hydrogen) atoms. The van der Waals surface area contributed by atoms with E-state index in [-0.39, 0.29) is 18.4 Å². The van der Waals surface area contributed by atoms with Crippen LogP contribution in [-0.2, 0) is 16.1 Å². The first-order valence-electron chi connectivity index (χ1n) is 13.0. The van der Waals surface area contributed by atoms with Gasteiger partial charge < -0.3 is 24.2 Å². The van der Waals surface area contributed by atoms with Gasteiger partial charge in [0.2, 0.25) is 0 Å². The van der Waals surface area contributed by atoms with Gasteiger partial charge in [-0.1, -0.05) is 36.4 Å². The summed E-state index contributed by atoms with van der Waals surface area (Å²) in [5, 5.41) is 8.42. The molecule has 0 saturated carbocycles. The van der Waals surface area contributed by atoms with Gasteiger partial charge in [0.15, 0.2) is 0 Å². The predicted molar refractivity (Wildman–Crippen MR) is 148 cm³/mol. The largest absolute Gasteiger partial charge is 0.513 e. The fourth-order valence-corrected chi connectivity index (χ4v) is 4.08. The number of carboxylic acid groups (broad SMARTS) is 1. The van der Waals surface area contributed by atoms with E-state index >= 15 is 0 Å². The molecule has 0 aliphatic rings. The summed E-state index contributed by atoms with van der Waals surface area (Å²) in [6.45, 7) is 4.89. The third-order valence-electron chi connectivity index (χ3n) is 6.17. The number of hydrogen-bond acceptors (Lipinski definition) is 6. The van der Waals surface area contributed by atoms with Crippen LogP contribution in [0, 0.1) is 0 Å². The molecular weight excluding hydrogens is 498 g/mol. The third-order valence-corrected chi connectivity index (χ3v) is 6.17. The highest BCUT2D eigenvalue weighted by molar-refractivity contribution is 5.95. The molecule has 206 valence electrons. The van der Waals surface area contributed by atoms with Gasteiger partial charge in [0.05, 0.1) is 13.7 Å². The fourth-order valence-electron chi connectivity index (χ4n) is 4.08. The molecular formula is C31H35NO7. The summed E-state index contributed by atoms with van der Waals surface area (Å²) in [5.41, 5.74) is 3.60. The Morgan fingerprint density at radius 1 is 0.846 bits per heavy atom. The first-order valence-corrected chi connectivity index (χ1v) is 13.0. The van der Waals surface area contributed by atoms with Crippen LogP contribution in [0.2, 0.25) is 0 Å². The van der Waals surface area contributed by atoms with Crippen LogP contribution < -0.4 is 9.47 Å². The van der Waals surface area contributed by atoms with Gasteiger partial charge in [0, 0.05) is 24.6 Å². The van der Waals surface area contributed by atoms with Crippen molar-refractivity contribution in [2.45, 2.75) is 52.1 Å². The standard InChI is InChI=1S/C31H35NO7/c1-22(2)32(30(34)25-16-14-24(15-17-25)26-10-8-11-27(20-26)37-3)21-23-9-7-12-28(19-23)38-18-6-4-5-13-29(33)39-31(35)36/h7-12,14-17,19-20,22H,4-6,13,18,21H2,1-3H3,(H,35,36). The molecule has 0 spiro atoms.